The van der Waals surface area contributed by atoms with Crippen LogP contribution < -0.4 is 0 Å². The lowest BCUT2D eigenvalue weighted by Gasteiger charge is -2.22. The summed E-state index contributed by atoms with van der Waals surface area (Å²) < 4.78 is 5.70. The van der Waals surface area contributed by atoms with Gasteiger partial charge in [0.05, 0.1) is 6.54 Å². The molecule has 0 amide bonds. The van der Waals surface area contributed by atoms with Crippen molar-refractivity contribution in [3.63, 3.8) is 0 Å². The fraction of sp³-hybridized carbons (Fsp3) is 0.417. The molecule has 80 valence electrons. The highest BCUT2D eigenvalue weighted by molar-refractivity contribution is 7.99. The minimum absolute atomic E-state index is 0.120. The monoisotopic (exact) mass is 221 g/mol. The molecule has 0 saturated heterocycles. The molecule has 0 spiro atoms. The standard InChI is InChI=1S/C12H15NOS/c1-10-13-8-12(2,14-10)9-15-11-6-4-3-5-7-11/h3-7H,8-9H2,1-2H3. The molecule has 0 saturated carbocycles. The number of benzene rings is 1. The van der Waals surface area contributed by atoms with Crippen molar-refractivity contribution < 1.29 is 4.74 Å². The maximum atomic E-state index is 5.70. The van der Waals surface area contributed by atoms with Gasteiger partial charge in [-0.05, 0) is 19.1 Å². The SMILES string of the molecule is CC1=NCC(C)(CSc2ccccc2)O1. The smallest absolute Gasteiger partial charge is 0.180 e. The van der Waals surface area contributed by atoms with E-state index in [2.05, 4.69) is 36.2 Å². The van der Waals surface area contributed by atoms with Crippen LogP contribution in [-0.4, -0.2) is 23.8 Å². The number of ether oxygens (including phenoxy) is 1. The lowest BCUT2D eigenvalue weighted by Crippen LogP contribution is -2.31. The summed E-state index contributed by atoms with van der Waals surface area (Å²) in [5.74, 6) is 1.75. The van der Waals surface area contributed by atoms with Crippen LogP contribution in [0.25, 0.3) is 0 Å². The Hall–Kier alpha value is -0.960. The minimum Gasteiger partial charge on any atom is -0.472 e. The second kappa shape index (κ2) is 4.27. The minimum atomic E-state index is -0.120. The van der Waals surface area contributed by atoms with Crippen molar-refractivity contribution in [2.75, 3.05) is 12.3 Å². The fourth-order valence-corrected chi connectivity index (χ4v) is 2.50. The second-order valence-electron chi connectivity index (χ2n) is 3.99. The van der Waals surface area contributed by atoms with Crippen LogP contribution in [-0.2, 0) is 4.74 Å². The molecular formula is C12H15NOS. The molecule has 0 bridgehead atoms. The largest absolute Gasteiger partial charge is 0.472 e. The van der Waals surface area contributed by atoms with Gasteiger partial charge in [0.15, 0.2) is 5.90 Å². The Morgan fingerprint density at radius 3 is 2.73 bits per heavy atom. The molecule has 0 aliphatic carbocycles. The van der Waals surface area contributed by atoms with Gasteiger partial charge in [-0.1, -0.05) is 18.2 Å². The van der Waals surface area contributed by atoms with Crippen LogP contribution in [0.4, 0.5) is 0 Å². The topological polar surface area (TPSA) is 21.6 Å². The van der Waals surface area contributed by atoms with Gasteiger partial charge in [0.25, 0.3) is 0 Å². The van der Waals surface area contributed by atoms with Gasteiger partial charge in [-0.25, -0.2) is 0 Å². The van der Waals surface area contributed by atoms with E-state index in [4.69, 9.17) is 4.74 Å². The average Bonchev–Trinajstić information content (AvgIpc) is 2.58. The number of aliphatic imine (C=N–C) groups is 1. The lowest BCUT2D eigenvalue weighted by atomic mass is 10.1. The molecule has 0 N–H and O–H groups in total. The van der Waals surface area contributed by atoms with Gasteiger partial charge in [0.1, 0.15) is 5.60 Å². The van der Waals surface area contributed by atoms with E-state index in [1.165, 1.54) is 4.90 Å². The van der Waals surface area contributed by atoms with E-state index in [1.807, 2.05) is 24.8 Å². The molecule has 0 radical (unpaired) electrons. The third-order valence-corrected chi connectivity index (χ3v) is 3.68. The molecular weight excluding hydrogens is 206 g/mol. The van der Waals surface area contributed by atoms with Crippen molar-refractivity contribution in [3.8, 4) is 0 Å². The van der Waals surface area contributed by atoms with E-state index >= 15 is 0 Å². The first kappa shape index (κ1) is 10.6. The third-order valence-electron chi connectivity index (χ3n) is 2.32. The van der Waals surface area contributed by atoms with Gasteiger partial charge in [-0.2, -0.15) is 0 Å². The first-order chi connectivity index (χ1) is 7.18. The van der Waals surface area contributed by atoms with E-state index in [-0.39, 0.29) is 5.60 Å². The van der Waals surface area contributed by atoms with Crippen molar-refractivity contribution in [2.45, 2.75) is 24.3 Å². The first-order valence-corrected chi connectivity index (χ1v) is 6.04. The highest BCUT2D eigenvalue weighted by Crippen LogP contribution is 2.27. The number of hydrogen-bond acceptors (Lipinski definition) is 3. The van der Waals surface area contributed by atoms with Gasteiger partial charge in [0.2, 0.25) is 0 Å². The van der Waals surface area contributed by atoms with Crippen LogP contribution in [0, 0.1) is 0 Å². The zero-order valence-electron chi connectivity index (χ0n) is 9.06. The molecule has 1 aromatic rings. The summed E-state index contributed by atoms with van der Waals surface area (Å²) in [6.07, 6.45) is 0. The van der Waals surface area contributed by atoms with Crippen LogP contribution in [0.2, 0.25) is 0 Å². The highest BCUT2D eigenvalue weighted by atomic mass is 32.2. The first-order valence-electron chi connectivity index (χ1n) is 5.06. The molecule has 2 nitrogen and oxygen atoms in total. The summed E-state index contributed by atoms with van der Waals surface area (Å²) in [6, 6.07) is 10.4. The summed E-state index contributed by atoms with van der Waals surface area (Å²) >= 11 is 1.82. The van der Waals surface area contributed by atoms with E-state index in [1.54, 1.807) is 0 Å². The van der Waals surface area contributed by atoms with Gasteiger partial charge in [0, 0.05) is 17.6 Å². The van der Waals surface area contributed by atoms with Crippen molar-refractivity contribution in [1.29, 1.82) is 0 Å². The number of rotatable bonds is 3. The average molecular weight is 221 g/mol. The molecule has 0 aromatic heterocycles. The Kier molecular flexibility index (Phi) is 3.00. The Morgan fingerprint density at radius 1 is 1.40 bits per heavy atom. The zero-order valence-corrected chi connectivity index (χ0v) is 9.88. The summed E-state index contributed by atoms with van der Waals surface area (Å²) in [6.45, 7) is 4.81. The molecule has 1 aromatic carbocycles. The Bertz CT molecular complexity index is 363. The molecule has 0 fully saturated rings. The number of hydrogen-bond donors (Lipinski definition) is 0. The molecule has 2 rings (SSSR count). The third kappa shape index (κ3) is 2.75. The van der Waals surface area contributed by atoms with E-state index < -0.39 is 0 Å². The van der Waals surface area contributed by atoms with Crippen molar-refractivity contribution in [2.24, 2.45) is 4.99 Å². The normalized spacial score (nSPS) is 24.8. The molecule has 1 aliphatic heterocycles. The molecule has 1 aliphatic rings. The quantitative estimate of drug-likeness (QED) is 0.732. The highest BCUT2D eigenvalue weighted by Gasteiger charge is 2.31. The maximum absolute atomic E-state index is 5.70. The summed E-state index contributed by atoms with van der Waals surface area (Å²) in [5, 5.41) is 0. The van der Waals surface area contributed by atoms with Gasteiger partial charge < -0.3 is 4.74 Å². The molecule has 1 heterocycles. The van der Waals surface area contributed by atoms with Crippen LogP contribution in [0.3, 0.4) is 0 Å². The zero-order chi connectivity index (χ0) is 10.7. The Balaban J connectivity index is 1.89. The van der Waals surface area contributed by atoms with Gasteiger partial charge in [-0.3, -0.25) is 4.99 Å². The molecule has 1 unspecified atom stereocenters. The predicted octanol–water partition coefficient (Wildman–Crippen LogP) is 2.99. The van der Waals surface area contributed by atoms with Crippen LogP contribution in [0.15, 0.2) is 40.2 Å². The van der Waals surface area contributed by atoms with Crippen LogP contribution >= 0.6 is 11.8 Å². The number of nitrogens with zero attached hydrogens (tertiary/aromatic N) is 1. The van der Waals surface area contributed by atoms with Crippen molar-refractivity contribution in [3.05, 3.63) is 30.3 Å². The molecule has 15 heavy (non-hydrogen) atoms. The maximum Gasteiger partial charge on any atom is 0.180 e. The summed E-state index contributed by atoms with van der Waals surface area (Å²) in [4.78, 5) is 5.57. The Morgan fingerprint density at radius 2 is 2.13 bits per heavy atom. The van der Waals surface area contributed by atoms with Gasteiger partial charge >= 0.3 is 0 Å². The van der Waals surface area contributed by atoms with Crippen molar-refractivity contribution in [1.82, 2.24) is 0 Å². The summed E-state index contributed by atoms with van der Waals surface area (Å²) in [7, 11) is 0. The predicted molar refractivity (Wildman–Crippen MR) is 64.6 cm³/mol. The summed E-state index contributed by atoms with van der Waals surface area (Å²) in [5.41, 5.74) is -0.120. The second-order valence-corrected chi connectivity index (χ2v) is 5.04. The van der Waals surface area contributed by atoms with Crippen molar-refractivity contribution >= 4 is 17.7 Å². The molecule has 1 atom stereocenters. The van der Waals surface area contributed by atoms with Gasteiger partial charge in [-0.15, -0.1) is 11.8 Å². The van der Waals surface area contributed by atoms with E-state index in [9.17, 15) is 0 Å². The van der Waals surface area contributed by atoms with Crippen LogP contribution in [0.1, 0.15) is 13.8 Å². The molecule has 3 heteroatoms. The lowest BCUT2D eigenvalue weighted by molar-refractivity contribution is 0.134. The van der Waals surface area contributed by atoms with E-state index in [0.717, 1.165) is 18.2 Å². The van der Waals surface area contributed by atoms with Crippen LogP contribution in [0.5, 0.6) is 0 Å². The number of thioether (sulfide) groups is 1. The fourth-order valence-electron chi connectivity index (χ4n) is 1.53. The Labute approximate surface area is 94.7 Å². The van der Waals surface area contributed by atoms with E-state index in [0.29, 0.717) is 0 Å².